The van der Waals surface area contributed by atoms with Crippen LogP contribution in [0.25, 0.3) is 0 Å². The summed E-state index contributed by atoms with van der Waals surface area (Å²) in [5, 5.41) is -0.858. The summed E-state index contributed by atoms with van der Waals surface area (Å²) in [5.41, 5.74) is 3.20. The maximum absolute atomic E-state index is 13.8. The molecular formula is C24H29FO2S. The lowest BCUT2D eigenvalue weighted by Gasteiger charge is -2.36. The van der Waals surface area contributed by atoms with Crippen LogP contribution in [-0.2, 0) is 5.41 Å². The van der Waals surface area contributed by atoms with Gasteiger partial charge in [-0.25, -0.2) is 0 Å². The number of rotatable bonds is 4. The van der Waals surface area contributed by atoms with E-state index in [9.17, 15) is 8.68 Å². The molecule has 0 N–H and O–H groups in total. The van der Waals surface area contributed by atoms with Gasteiger partial charge in [0.1, 0.15) is 16.6 Å². The predicted octanol–water partition coefficient (Wildman–Crippen LogP) is 7.19. The monoisotopic (exact) mass is 400 g/mol. The zero-order chi connectivity index (χ0) is 20.7. The number of ether oxygens (including phenoxy) is 1. The Labute approximate surface area is 172 Å². The predicted molar refractivity (Wildman–Crippen MR) is 115 cm³/mol. The molecule has 0 fully saturated rings. The normalized spacial score (nSPS) is 19.5. The van der Waals surface area contributed by atoms with Gasteiger partial charge in [0, 0.05) is 5.56 Å². The fraction of sp³-hybridized carbons (Fsp3) is 0.458. The van der Waals surface area contributed by atoms with E-state index in [1.165, 1.54) is 0 Å². The molecule has 0 spiro atoms. The first-order valence-corrected chi connectivity index (χ1v) is 10.5. The quantitative estimate of drug-likeness (QED) is 0.508. The molecule has 0 bridgehead atoms. The van der Waals surface area contributed by atoms with Crippen LogP contribution in [0.15, 0.2) is 42.5 Å². The van der Waals surface area contributed by atoms with E-state index >= 15 is 0 Å². The summed E-state index contributed by atoms with van der Waals surface area (Å²) in [5.74, 6) is 0.893. The molecule has 0 aromatic heterocycles. The van der Waals surface area contributed by atoms with Crippen molar-refractivity contribution in [1.82, 2.24) is 0 Å². The molecule has 1 aliphatic rings. The number of carbonyl (C=O) groups is 1. The topological polar surface area (TPSA) is 26.3 Å². The van der Waals surface area contributed by atoms with Crippen molar-refractivity contribution in [2.75, 3.05) is 0 Å². The minimum absolute atomic E-state index is 0.0172. The van der Waals surface area contributed by atoms with Gasteiger partial charge in [-0.1, -0.05) is 52.0 Å². The number of hydrogen-bond donors (Lipinski definition) is 0. The summed E-state index contributed by atoms with van der Waals surface area (Å²) in [6, 6.07) is 13.2. The second-order valence-electron chi connectivity index (χ2n) is 9.42. The smallest absolute Gasteiger partial charge is 0.182 e. The van der Waals surface area contributed by atoms with Crippen LogP contribution >= 0.6 is 12.1 Å². The van der Waals surface area contributed by atoms with E-state index in [1.54, 1.807) is 6.07 Å². The summed E-state index contributed by atoms with van der Waals surface area (Å²) in [6.45, 7) is 12.7. The average Bonchev–Trinajstić information content (AvgIpc) is 2.61. The number of carbonyl (C=O) groups excluding carboxylic acids is 1. The molecule has 28 heavy (non-hydrogen) atoms. The van der Waals surface area contributed by atoms with Crippen LogP contribution in [0.2, 0.25) is 0 Å². The van der Waals surface area contributed by atoms with Crippen LogP contribution in [-0.4, -0.2) is 11.4 Å². The van der Waals surface area contributed by atoms with Crippen LogP contribution in [0.4, 0.5) is 3.89 Å². The Balaban J connectivity index is 1.89. The first-order chi connectivity index (χ1) is 13.0. The molecule has 0 saturated carbocycles. The minimum atomic E-state index is -0.858. The molecule has 1 aliphatic heterocycles. The van der Waals surface area contributed by atoms with Crippen LogP contribution in [0.5, 0.6) is 5.75 Å². The molecule has 0 radical (unpaired) electrons. The van der Waals surface area contributed by atoms with E-state index in [2.05, 4.69) is 41.5 Å². The van der Waals surface area contributed by atoms with Gasteiger partial charge in [0.2, 0.25) is 0 Å². The van der Waals surface area contributed by atoms with E-state index in [4.69, 9.17) is 4.74 Å². The Morgan fingerprint density at radius 1 is 1.18 bits per heavy atom. The standard InChI is InChI=1S/C24H29FO2S/c1-15-14-24(5,6)27-20-12-9-17(13-19(15)20)21(26)22(28-25)16-7-10-18(11-8-16)23(2,3)4/h7-13,15,22H,14H2,1-6H3. The number of Topliss-reactive ketones (excluding diaryl/α,β-unsaturated/α-hetero) is 1. The second-order valence-corrected chi connectivity index (χ2v) is 10.1. The van der Waals surface area contributed by atoms with Gasteiger partial charge in [-0.05, 0) is 66.5 Å². The van der Waals surface area contributed by atoms with Crippen molar-refractivity contribution in [3.8, 4) is 5.75 Å². The van der Waals surface area contributed by atoms with E-state index in [-0.39, 0.29) is 34.9 Å². The highest BCUT2D eigenvalue weighted by Crippen LogP contribution is 2.42. The molecule has 4 heteroatoms. The molecular weight excluding hydrogens is 371 g/mol. The molecule has 3 rings (SSSR count). The third-order valence-corrected chi connectivity index (χ3v) is 6.08. The van der Waals surface area contributed by atoms with Crippen LogP contribution in [0, 0.1) is 0 Å². The molecule has 1 heterocycles. The fourth-order valence-corrected chi connectivity index (χ4v) is 4.40. The van der Waals surface area contributed by atoms with E-state index in [1.807, 2.05) is 36.4 Å². The Kier molecular flexibility index (Phi) is 5.64. The zero-order valence-corrected chi connectivity index (χ0v) is 18.3. The molecule has 2 aromatic carbocycles. The number of benzene rings is 2. The lowest BCUT2D eigenvalue weighted by molar-refractivity contribution is 0.0746. The van der Waals surface area contributed by atoms with Crippen molar-refractivity contribution in [3.63, 3.8) is 0 Å². The van der Waals surface area contributed by atoms with Crippen LogP contribution < -0.4 is 4.74 Å². The number of halogens is 1. The Bertz CT molecular complexity index is 865. The van der Waals surface area contributed by atoms with Gasteiger partial charge in [0.15, 0.2) is 5.78 Å². The Morgan fingerprint density at radius 2 is 1.82 bits per heavy atom. The Morgan fingerprint density at radius 3 is 2.39 bits per heavy atom. The SMILES string of the molecule is CC1CC(C)(C)Oc2ccc(C(=O)C(SF)c3ccc(C(C)(C)C)cc3)cc21. The van der Waals surface area contributed by atoms with Crippen molar-refractivity contribution < 1.29 is 13.4 Å². The van der Waals surface area contributed by atoms with E-state index in [0.717, 1.165) is 23.3 Å². The minimum Gasteiger partial charge on any atom is -0.488 e. The van der Waals surface area contributed by atoms with Crippen LogP contribution in [0.3, 0.4) is 0 Å². The van der Waals surface area contributed by atoms with Gasteiger partial charge in [-0.15, -0.1) is 0 Å². The van der Waals surface area contributed by atoms with Crippen LogP contribution in [0.1, 0.15) is 86.2 Å². The lowest BCUT2D eigenvalue weighted by atomic mass is 9.84. The van der Waals surface area contributed by atoms with Crippen molar-refractivity contribution in [1.29, 1.82) is 0 Å². The summed E-state index contributed by atoms with van der Waals surface area (Å²) in [4.78, 5) is 13.1. The molecule has 0 amide bonds. The lowest BCUT2D eigenvalue weighted by Crippen LogP contribution is -2.34. The first-order valence-electron chi connectivity index (χ1n) is 9.77. The second kappa shape index (κ2) is 7.55. The zero-order valence-electron chi connectivity index (χ0n) is 17.5. The summed E-state index contributed by atoms with van der Waals surface area (Å²) in [7, 11) is 0. The number of hydrogen-bond acceptors (Lipinski definition) is 3. The highest BCUT2D eigenvalue weighted by atomic mass is 32.2. The molecule has 2 unspecified atom stereocenters. The largest absolute Gasteiger partial charge is 0.488 e. The fourth-order valence-electron chi connectivity index (χ4n) is 3.92. The third kappa shape index (κ3) is 4.27. The highest BCUT2D eigenvalue weighted by Gasteiger charge is 2.33. The molecule has 0 aliphatic carbocycles. The van der Waals surface area contributed by atoms with Gasteiger partial charge in [0.05, 0.1) is 12.1 Å². The molecule has 0 saturated heterocycles. The molecule has 2 nitrogen and oxygen atoms in total. The van der Waals surface area contributed by atoms with Gasteiger partial charge in [-0.2, -0.15) is 3.89 Å². The maximum atomic E-state index is 13.8. The highest BCUT2D eigenvalue weighted by molar-refractivity contribution is 7.95. The first kappa shape index (κ1) is 20.9. The summed E-state index contributed by atoms with van der Waals surface area (Å²) >= 11 is 0.0965. The molecule has 2 aromatic rings. The van der Waals surface area contributed by atoms with E-state index in [0.29, 0.717) is 11.1 Å². The Hall–Kier alpha value is -1.81. The van der Waals surface area contributed by atoms with Crippen molar-refractivity contribution in [2.45, 2.75) is 70.1 Å². The van der Waals surface area contributed by atoms with Crippen molar-refractivity contribution >= 4 is 17.9 Å². The molecule has 2 atom stereocenters. The van der Waals surface area contributed by atoms with Crippen molar-refractivity contribution in [3.05, 3.63) is 64.7 Å². The maximum Gasteiger partial charge on any atom is 0.182 e. The summed E-state index contributed by atoms with van der Waals surface area (Å²) < 4.78 is 19.9. The van der Waals surface area contributed by atoms with Gasteiger partial charge in [-0.3, -0.25) is 4.79 Å². The number of fused-ring (bicyclic) bond motifs is 1. The van der Waals surface area contributed by atoms with Gasteiger partial charge >= 0.3 is 0 Å². The summed E-state index contributed by atoms with van der Waals surface area (Å²) in [6.07, 6.45) is 0.882. The van der Waals surface area contributed by atoms with Crippen molar-refractivity contribution in [2.24, 2.45) is 0 Å². The van der Waals surface area contributed by atoms with Gasteiger partial charge in [0.25, 0.3) is 0 Å². The third-order valence-electron chi connectivity index (χ3n) is 5.42. The molecule has 150 valence electrons. The average molecular weight is 401 g/mol. The van der Waals surface area contributed by atoms with E-state index < -0.39 is 5.25 Å². The number of ketones is 1. The van der Waals surface area contributed by atoms with Gasteiger partial charge < -0.3 is 4.74 Å².